The standard InChI is InChI=1S/C24H19N5O2S/c1-3-18-19(8-9-22-21(18)14-27-29-22)24-20-12-23(26-13-15(20)10-11-25-24)28-16-4-6-17(7-5-16)32(2,30)31/h3-14H,1H2,2H3,(H,26,28)(H,27,29). The van der Waals surface area contributed by atoms with E-state index in [-0.39, 0.29) is 4.90 Å². The summed E-state index contributed by atoms with van der Waals surface area (Å²) in [5, 5.41) is 13.2. The van der Waals surface area contributed by atoms with Crippen LogP contribution in [0.3, 0.4) is 0 Å². The molecule has 0 atom stereocenters. The Kier molecular flexibility index (Phi) is 4.71. The van der Waals surface area contributed by atoms with Crippen LogP contribution in [0.4, 0.5) is 11.5 Å². The zero-order valence-corrected chi connectivity index (χ0v) is 18.0. The molecule has 5 rings (SSSR count). The van der Waals surface area contributed by atoms with Crippen LogP contribution in [0.25, 0.3) is 39.0 Å². The number of rotatable bonds is 5. The van der Waals surface area contributed by atoms with Crippen molar-refractivity contribution in [2.45, 2.75) is 4.90 Å². The summed E-state index contributed by atoms with van der Waals surface area (Å²) >= 11 is 0. The van der Waals surface area contributed by atoms with Crippen LogP contribution in [0.2, 0.25) is 0 Å². The van der Waals surface area contributed by atoms with Crippen molar-refractivity contribution in [3.8, 4) is 11.3 Å². The molecule has 0 aliphatic rings. The third-order valence-corrected chi connectivity index (χ3v) is 6.46. The largest absolute Gasteiger partial charge is 0.340 e. The van der Waals surface area contributed by atoms with Gasteiger partial charge < -0.3 is 5.32 Å². The van der Waals surface area contributed by atoms with E-state index >= 15 is 0 Å². The van der Waals surface area contributed by atoms with Crippen LogP contribution in [-0.4, -0.2) is 34.8 Å². The number of nitrogens with one attached hydrogen (secondary N) is 2. The second-order valence-corrected chi connectivity index (χ2v) is 9.45. The van der Waals surface area contributed by atoms with Gasteiger partial charge in [0.1, 0.15) is 5.82 Å². The number of anilines is 2. The number of sulfone groups is 1. The molecule has 5 aromatic rings. The molecule has 3 heterocycles. The van der Waals surface area contributed by atoms with Gasteiger partial charge >= 0.3 is 0 Å². The molecule has 0 saturated carbocycles. The molecular weight excluding hydrogens is 422 g/mol. The predicted molar refractivity (Wildman–Crippen MR) is 128 cm³/mol. The van der Waals surface area contributed by atoms with Gasteiger partial charge in [-0.25, -0.2) is 13.4 Å². The van der Waals surface area contributed by atoms with Gasteiger partial charge in [-0.1, -0.05) is 18.7 Å². The number of nitrogens with zero attached hydrogens (tertiary/aromatic N) is 3. The molecule has 0 saturated heterocycles. The zero-order valence-electron chi connectivity index (χ0n) is 17.2. The van der Waals surface area contributed by atoms with Crippen molar-refractivity contribution >= 4 is 49.1 Å². The van der Waals surface area contributed by atoms with E-state index in [4.69, 9.17) is 0 Å². The molecule has 158 valence electrons. The lowest BCUT2D eigenvalue weighted by molar-refractivity contribution is 0.602. The van der Waals surface area contributed by atoms with Crippen LogP contribution in [0, 0.1) is 0 Å². The van der Waals surface area contributed by atoms with E-state index in [1.165, 1.54) is 6.26 Å². The number of benzene rings is 2. The molecule has 0 spiro atoms. The Balaban J connectivity index is 1.59. The maximum atomic E-state index is 11.7. The number of aromatic nitrogens is 4. The molecule has 3 aromatic heterocycles. The van der Waals surface area contributed by atoms with Crippen LogP contribution < -0.4 is 5.32 Å². The second-order valence-electron chi connectivity index (χ2n) is 7.43. The highest BCUT2D eigenvalue weighted by atomic mass is 32.2. The van der Waals surface area contributed by atoms with Gasteiger partial charge in [0.2, 0.25) is 0 Å². The lowest BCUT2D eigenvalue weighted by Gasteiger charge is -2.12. The normalized spacial score (nSPS) is 11.7. The molecule has 2 aromatic carbocycles. The van der Waals surface area contributed by atoms with E-state index in [2.05, 4.69) is 32.1 Å². The number of hydrogen-bond acceptors (Lipinski definition) is 6. The molecule has 0 aliphatic carbocycles. The zero-order chi connectivity index (χ0) is 22.3. The minimum absolute atomic E-state index is 0.271. The maximum Gasteiger partial charge on any atom is 0.175 e. The molecule has 0 bridgehead atoms. The summed E-state index contributed by atoms with van der Waals surface area (Å²) in [5.74, 6) is 0.628. The Hall–Kier alpha value is -4.04. The average molecular weight is 442 g/mol. The van der Waals surface area contributed by atoms with Crippen LogP contribution in [-0.2, 0) is 9.84 Å². The third kappa shape index (κ3) is 3.50. The van der Waals surface area contributed by atoms with E-state index < -0.39 is 9.84 Å². The summed E-state index contributed by atoms with van der Waals surface area (Å²) in [6, 6.07) is 14.4. The predicted octanol–water partition coefficient (Wildman–Crippen LogP) is 4.96. The van der Waals surface area contributed by atoms with E-state index in [9.17, 15) is 8.42 Å². The monoisotopic (exact) mass is 441 g/mol. The van der Waals surface area contributed by atoms with Gasteiger partial charge in [0.25, 0.3) is 0 Å². The lowest BCUT2D eigenvalue weighted by Crippen LogP contribution is -1.98. The summed E-state index contributed by atoms with van der Waals surface area (Å²) in [7, 11) is -3.24. The van der Waals surface area contributed by atoms with Gasteiger partial charge in [0.05, 0.1) is 22.3 Å². The first kappa shape index (κ1) is 19.9. The first-order valence-corrected chi connectivity index (χ1v) is 11.7. The van der Waals surface area contributed by atoms with Crippen molar-refractivity contribution in [3.63, 3.8) is 0 Å². The number of H-pyrrole nitrogens is 1. The molecule has 32 heavy (non-hydrogen) atoms. The minimum Gasteiger partial charge on any atom is -0.340 e. The topological polar surface area (TPSA) is 101 Å². The molecular formula is C24H19N5O2S. The molecule has 0 fully saturated rings. The highest BCUT2D eigenvalue weighted by Gasteiger charge is 2.13. The molecule has 8 heteroatoms. The maximum absolute atomic E-state index is 11.7. The summed E-state index contributed by atoms with van der Waals surface area (Å²) in [4.78, 5) is 9.43. The Morgan fingerprint density at radius 2 is 1.81 bits per heavy atom. The van der Waals surface area contributed by atoms with Gasteiger partial charge in [-0.2, -0.15) is 5.10 Å². The molecule has 2 N–H and O–H groups in total. The SMILES string of the molecule is C=Cc1c(-c2nccc3cnc(Nc4ccc(S(C)(=O)=O)cc4)cc23)ccc2[nH]ncc12. The lowest BCUT2D eigenvalue weighted by atomic mass is 9.97. The van der Waals surface area contributed by atoms with Gasteiger partial charge in [-0.3, -0.25) is 10.1 Å². The number of aromatic amines is 1. The fraction of sp³-hybridized carbons (Fsp3) is 0.0417. The third-order valence-electron chi connectivity index (χ3n) is 5.33. The number of hydrogen-bond donors (Lipinski definition) is 2. The van der Waals surface area contributed by atoms with Gasteiger partial charge in [0, 0.05) is 46.1 Å². The number of fused-ring (bicyclic) bond motifs is 2. The average Bonchev–Trinajstić information content (AvgIpc) is 3.27. The van der Waals surface area contributed by atoms with E-state index in [0.717, 1.165) is 44.2 Å². The second kappa shape index (κ2) is 7.58. The molecule has 0 radical (unpaired) electrons. The van der Waals surface area contributed by atoms with Crippen molar-refractivity contribution in [2.24, 2.45) is 0 Å². The van der Waals surface area contributed by atoms with Crippen molar-refractivity contribution in [1.82, 2.24) is 20.2 Å². The highest BCUT2D eigenvalue weighted by Crippen LogP contribution is 2.34. The molecule has 7 nitrogen and oxygen atoms in total. The fourth-order valence-electron chi connectivity index (χ4n) is 3.75. The van der Waals surface area contributed by atoms with Crippen molar-refractivity contribution in [3.05, 3.63) is 79.3 Å². The Labute approximate surface area is 184 Å². The summed E-state index contributed by atoms with van der Waals surface area (Å²) < 4.78 is 23.4. The smallest absolute Gasteiger partial charge is 0.175 e. The summed E-state index contributed by atoms with van der Waals surface area (Å²) in [6.45, 7) is 3.99. The highest BCUT2D eigenvalue weighted by molar-refractivity contribution is 7.90. The van der Waals surface area contributed by atoms with Gasteiger partial charge in [-0.05, 0) is 48.0 Å². The van der Waals surface area contributed by atoms with Crippen LogP contribution in [0.1, 0.15) is 5.56 Å². The Morgan fingerprint density at radius 1 is 1.00 bits per heavy atom. The number of pyridine rings is 2. The Bertz CT molecular complexity index is 1590. The van der Waals surface area contributed by atoms with Gasteiger partial charge in [0.15, 0.2) is 9.84 Å². The van der Waals surface area contributed by atoms with Crippen LogP contribution >= 0.6 is 0 Å². The quantitative estimate of drug-likeness (QED) is 0.400. The summed E-state index contributed by atoms with van der Waals surface area (Å²) in [6.07, 6.45) is 8.35. The molecule has 0 unspecified atom stereocenters. The van der Waals surface area contributed by atoms with Crippen LogP contribution in [0.15, 0.2) is 78.6 Å². The van der Waals surface area contributed by atoms with Crippen molar-refractivity contribution < 1.29 is 8.42 Å². The molecule has 0 aliphatic heterocycles. The van der Waals surface area contributed by atoms with E-state index in [1.807, 2.05) is 30.3 Å². The first-order valence-electron chi connectivity index (χ1n) is 9.85. The molecule has 0 amide bonds. The van der Waals surface area contributed by atoms with Gasteiger partial charge in [-0.15, -0.1) is 0 Å². The van der Waals surface area contributed by atoms with Crippen molar-refractivity contribution in [2.75, 3.05) is 11.6 Å². The van der Waals surface area contributed by atoms with E-state index in [1.54, 1.807) is 42.9 Å². The van der Waals surface area contributed by atoms with E-state index in [0.29, 0.717) is 5.82 Å². The fourth-order valence-corrected chi connectivity index (χ4v) is 4.38. The van der Waals surface area contributed by atoms with Crippen molar-refractivity contribution in [1.29, 1.82) is 0 Å². The first-order chi connectivity index (χ1) is 15.4. The van der Waals surface area contributed by atoms with Crippen LogP contribution in [0.5, 0.6) is 0 Å². The summed E-state index contributed by atoms with van der Waals surface area (Å²) in [5.41, 5.74) is 4.40. The Morgan fingerprint density at radius 3 is 2.56 bits per heavy atom. The minimum atomic E-state index is -3.24.